The molecule has 1 fully saturated rings. The molecule has 1 aliphatic heterocycles. The Labute approximate surface area is 119 Å². The van der Waals surface area contributed by atoms with Gasteiger partial charge in [-0.15, -0.1) is 0 Å². The van der Waals surface area contributed by atoms with Gasteiger partial charge >= 0.3 is 5.69 Å². The number of amides is 2. The van der Waals surface area contributed by atoms with Crippen LogP contribution in [0, 0.1) is 6.57 Å². The molecule has 2 heterocycles. The van der Waals surface area contributed by atoms with Gasteiger partial charge in [-0.2, -0.15) is 0 Å². The van der Waals surface area contributed by atoms with Crippen LogP contribution in [0.15, 0.2) is 23.0 Å². The predicted octanol–water partition coefficient (Wildman–Crippen LogP) is 0.868. The largest absolute Gasteiger partial charge is 0.329 e. The lowest BCUT2D eigenvalue weighted by atomic mass is 10.1. The standard InChI is InChI=1S/C14H12N4O3/c1-15-8-3-4-9-11(7-8)17(2)14(21)18(9)10-5-6-12(19)16-13(10)20/h3-4,7,10H,5-6H2,2H3,(H,16,19,20). The van der Waals surface area contributed by atoms with E-state index in [1.54, 1.807) is 25.2 Å². The molecular formula is C14H12N4O3. The van der Waals surface area contributed by atoms with Crippen molar-refractivity contribution in [1.82, 2.24) is 14.5 Å². The summed E-state index contributed by atoms with van der Waals surface area (Å²) in [5.74, 6) is -0.782. The summed E-state index contributed by atoms with van der Waals surface area (Å²) in [6.45, 7) is 7.03. The number of nitrogens with zero attached hydrogens (tertiary/aromatic N) is 3. The first-order valence-corrected chi connectivity index (χ1v) is 6.45. The molecule has 0 bridgehead atoms. The van der Waals surface area contributed by atoms with Gasteiger partial charge in [-0.1, -0.05) is 6.07 Å². The average Bonchev–Trinajstić information content (AvgIpc) is 2.71. The monoisotopic (exact) mass is 284 g/mol. The molecule has 1 unspecified atom stereocenters. The summed E-state index contributed by atoms with van der Waals surface area (Å²) in [5, 5.41) is 2.26. The van der Waals surface area contributed by atoms with Crippen LogP contribution < -0.4 is 11.0 Å². The number of hydrogen-bond acceptors (Lipinski definition) is 3. The SMILES string of the molecule is [C-]#[N+]c1ccc2c(c1)n(C)c(=O)n2C1CCC(=O)NC1=O. The molecule has 1 saturated heterocycles. The van der Waals surface area contributed by atoms with Crippen LogP contribution in [0.25, 0.3) is 15.9 Å². The maximum atomic E-state index is 12.4. The molecule has 7 nitrogen and oxygen atoms in total. The van der Waals surface area contributed by atoms with Crippen molar-refractivity contribution in [2.45, 2.75) is 18.9 Å². The van der Waals surface area contributed by atoms with E-state index in [9.17, 15) is 14.4 Å². The van der Waals surface area contributed by atoms with E-state index in [1.807, 2.05) is 0 Å². The zero-order chi connectivity index (χ0) is 15.1. The lowest BCUT2D eigenvalue weighted by molar-refractivity contribution is -0.135. The summed E-state index contributed by atoms with van der Waals surface area (Å²) >= 11 is 0. The van der Waals surface area contributed by atoms with Gasteiger partial charge in [-0.05, 0) is 18.6 Å². The van der Waals surface area contributed by atoms with E-state index in [-0.39, 0.29) is 18.0 Å². The highest BCUT2D eigenvalue weighted by Crippen LogP contribution is 2.25. The van der Waals surface area contributed by atoms with Gasteiger partial charge in [0.15, 0.2) is 5.69 Å². The fourth-order valence-corrected chi connectivity index (χ4v) is 2.65. The zero-order valence-electron chi connectivity index (χ0n) is 11.3. The van der Waals surface area contributed by atoms with Crippen molar-refractivity contribution >= 4 is 28.5 Å². The van der Waals surface area contributed by atoms with E-state index >= 15 is 0 Å². The number of imidazole rings is 1. The van der Waals surface area contributed by atoms with Crippen molar-refractivity contribution in [3.63, 3.8) is 0 Å². The number of rotatable bonds is 1. The molecule has 106 valence electrons. The van der Waals surface area contributed by atoms with Gasteiger partial charge in [0, 0.05) is 13.5 Å². The third-order valence-corrected chi connectivity index (χ3v) is 3.72. The molecule has 0 saturated carbocycles. The fourth-order valence-electron chi connectivity index (χ4n) is 2.65. The molecule has 1 N–H and O–H groups in total. The lowest BCUT2D eigenvalue weighted by Gasteiger charge is -2.21. The molecule has 2 amide bonds. The second-order valence-corrected chi connectivity index (χ2v) is 4.96. The Bertz CT molecular complexity index is 869. The van der Waals surface area contributed by atoms with E-state index in [1.165, 1.54) is 9.13 Å². The Morgan fingerprint density at radius 2 is 2.05 bits per heavy atom. The Kier molecular flexibility index (Phi) is 2.87. The van der Waals surface area contributed by atoms with Gasteiger partial charge in [-0.25, -0.2) is 9.64 Å². The minimum absolute atomic E-state index is 0.208. The summed E-state index contributed by atoms with van der Waals surface area (Å²) in [6.07, 6.45) is 0.508. The van der Waals surface area contributed by atoms with Gasteiger partial charge < -0.3 is 0 Å². The van der Waals surface area contributed by atoms with Crippen LogP contribution >= 0.6 is 0 Å². The van der Waals surface area contributed by atoms with Gasteiger partial charge in [0.25, 0.3) is 0 Å². The fraction of sp³-hybridized carbons (Fsp3) is 0.286. The van der Waals surface area contributed by atoms with E-state index in [0.717, 1.165) is 0 Å². The van der Waals surface area contributed by atoms with Crippen molar-refractivity contribution in [3.05, 3.63) is 40.1 Å². The number of imide groups is 1. The number of fused-ring (bicyclic) bond motifs is 1. The molecule has 1 aromatic heterocycles. The Balaban J connectivity index is 2.22. The van der Waals surface area contributed by atoms with Crippen LogP contribution in [0.2, 0.25) is 0 Å². The third kappa shape index (κ3) is 1.92. The van der Waals surface area contributed by atoms with E-state index in [0.29, 0.717) is 23.1 Å². The van der Waals surface area contributed by atoms with Gasteiger partial charge in [0.2, 0.25) is 11.8 Å². The highest BCUT2D eigenvalue weighted by Gasteiger charge is 2.31. The number of aromatic nitrogens is 2. The minimum Gasteiger partial charge on any atom is -0.296 e. The first kappa shape index (κ1) is 13.1. The molecule has 1 atom stereocenters. The summed E-state index contributed by atoms with van der Waals surface area (Å²) in [7, 11) is 1.60. The normalized spacial score (nSPS) is 18.6. The van der Waals surface area contributed by atoms with Gasteiger partial charge in [0.1, 0.15) is 6.04 Å². The first-order chi connectivity index (χ1) is 10.0. The van der Waals surface area contributed by atoms with Crippen LogP contribution in [0.1, 0.15) is 18.9 Å². The Hall–Kier alpha value is -2.88. The van der Waals surface area contributed by atoms with Gasteiger partial charge in [-0.3, -0.25) is 24.0 Å². The highest BCUT2D eigenvalue weighted by molar-refractivity contribution is 6.00. The summed E-state index contributed by atoms with van der Waals surface area (Å²) in [4.78, 5) is 39.0. The number of benzene rings is 1. The summed E-state index contributed by atoms with van der Waals surface area (Å²) in [5.41, 5.74) is 1.28. The maximum Gasteiger partial charge on any atom is 0.329 e. The van der Waals surface area contributed by atoms with Crippen LogP contribution in [-0.2, 0) is 16.6 Å². The highest BCUT2D eigenvalue weighted by atomic mass is 16.2. The number of aryl methyl sites for hydroxylation is 1. The molecule has 1 aliphatic rings. The zero-order valence-corrected chi connectivity index (χ0v) is 11.3. The van der Waals surface area contributed by atoms with Crippen LogP contribution in [-0.4, -0.2) is 20.9 Å². The summed E-state index contributed by atoms with van der Waals surface area (Å²) in [6, 6.07) is 4.19. The van der Waals surface area contributed by atoms with Crippen LogP contribution in [0.4, 0.5) is 5.69 Å². The predicted molar refractivity (Wildman–Crippen MR) is 74.9 cm³/mol. The van der Waals surface area contributed by atoms with E-state index < -0.39 is 11.9 Å². The topological polar surface area (TPSA) is 77.5 Å². The maximum absolute atomic E-state index is 12.4. The lowest BCUT2D eigenvalue weighted by Crippen LogP contribution is -2.44. The molecule has 7 heteroatoms. The second-order valence-electron chi connectivity index (χ2n) is 4.96. The van der Waals surface area contributed by atoms with Crippen molar-refractivity contribution in [3.8, 4) is 0 Å². The quantitative estimate of drug-likeness (QED) is 0.623. The van der Waals surface area contributed by atoms with Crippen molar-refractivity contribution in [2.24, 2.45) is 7.05 Å². The number of carbonyl (C=O) groups is 2. The molecule has 1 aromatic carbocycles. The van der Waals surface area contributed by atoms with Crippen LogP contribution in [0.5, 0.6) is 0 Å². The number of hydrogen-bond donors (Lipinski definition) is 1. The number of piperidine rings is 1. The first-order valence-electron chi connectivity index (χ1n) is 6.45. The molecule has 0 aliphatic carbocycles. The molecule has 3 rings (SSSR count). The molecule has 0 spiro atoms. The number of carbonyl (C=O) groups excluding carboxylic acids is 2. The number of nitrogens with one attached hydrogen (secondary N) is 1. The van der Waals surface area contributed by atoms with Crippen molar-refractivity contribution in [2.75, 3.05) is 0 Å². The average molecular weight is 284 g/mol. The van der Waals surface area contributed by atoms with Crippen LogP contribution in [0.3, 0.4) is 0 Å². The molecule has 21 heavy (non-hydrogen) atoms. The minimum atomic E-state index is -0.697. The van der Waals surface area contributed by atoms with Gasteiger partial charge in [0.05, 0.1) is 17.6 Å². The van der Waals surface area contributed by atoms with Crippen molar-refractivity contribution < 1.29 is 9.59 Å². The molecule has 0 radical (unpaired) electrons. The Morgan fingerprint density at radius 1 is 1.29 bits per heavy atom. The summed E-state index contributed by atoms with van der Waals surface area (Å²) < 4.78 is 2.80. The van der Waals surface area contributed by atoms with Crippen molar-refractivity contribution in [1.29, 1.82) is 0 Å². The molecule has 2 aromatic rings. The molecular weight excluding hydrogens is 272 g/mol. The smallest absolute Gasteiger partial charge is 0.296 e. The Morgan fingerprint density at radius 3 is 2.71 bits per heavy atom. The van der Waals surface area contributed by atoms with E-state index in [4.69, 9.17) is 6.57 Å². The third-order valence-electron chi connectivity index (χ3n) is 3.72. The second kappa shape index (κ2) is 4.59. The van der Waals surface area contributed by atoms with E-state index in [2.05, 4.69) is 10.2 Å².